The summed E-state index contributed by atoms with van der Waals surface area (Å²) in [5.41, 5.74) is 1.11. The molecule has 1 N–H and O–H groups in total. The average molecular weight is 249 g/mol. The van der Waals surface area contributed by atoms with E-state index >= 15 is 0 Å². The van der Waals surface area contributed by atoms with E-state index in [1.807, 2.05) is 0 Å². The summed E-state index contributed by atoms with van der Waals surface area (Å²) in [4.78, 5) is 14.2. The molecular weight excluding hydrogens is 230 g/mol. The average Bonchev–Trinajstić information content (AvgIpc) is 2.80. The van der Waals surface area contributed by atoms with E-state index in [0.29, 0.717) is 12.2 Å². The molecule has 1 saturated heterocycles. The Balaban J connectivity index is 2.23. The number of nitrogens with zero attached hydrogens (tertiary/aromatic N) is 1. The second-order valence-electron chi connectivity index (χ2n) is 4.72. The van der Waals surface area contributed by atoms with Crippen molar-refractivity contribution in [3.8, 4) is 5.75 Å². The first-order valence-electron chi connectivity index (χ1n) is 6.23. The Morgan fingerprint density at radius 2 is 2.33 bits per heavy atom. The van der Waals surface area contributed by atoms with Gasteiger partial charge in [0.25, 0.3) is 5.91 Å². The number of rotatable bonds is 3. The third-order valence-corrected chi connectivity index (χ3v) is 3.47. The van der Waals surface area contributed by atoms with Gasteiger partial charge in [-0.2, -0.15) is 0 Å². The SMILES string of the molecule is COCC1CCCN1C(=O)c1cccc(C)c1O. The van der Waals surface area contributed by atoms with E-state index in [2.05, 4.69) is 0 Å². The number of hydrogen-bond donors (Lipinski definition) is 1. The van der Waals surface area contributed by atoms with E-state index in [9.17, 15) is 9.90 Å². The lowest BCUT2D eigenvalue weighted by Gasteiger charge is -2.24. The molecule has 4 nitrogen and oxygen atoms in total. The number of amides is 1. The maximum atomic E-state index is 12.4. The van der Waals surface area contributed by atoms with Crippen LogP contribution in [0.4, 0.5) is 0 Å². The normalized spacial score (nSPS) is 19.2. The Morgan fingerprint density at radius 1 is 1.56 bits per heavy atom. The van der Waals surface area contributed by atoms with Crippen LogP contribution in [0, 0.1) is 6.92 Å². The molecule has 1 atom stereocenters. The number of benzene rings is 1. The molecule has 1 unspecified atom stereocenters. The fraction of sp³-hybridized carbons (Fsp3) is 0.500. The second-order valence-corrected chi connectivity index (χ2v) is 4.72. The van der Waals surface area contributed by atoms with Gasteiger partial charge in [-0.05, 0) is 31.4 Å². The van der Waals surface area contributed by atoms with Gasteiger partial charge in [-0.25, -0.2) is 0 Å². The summed E-state index contributed by atoms with van der Waals surface area (Å²) in [6, 6.07) is 5.39. The number of likely N-dealkylation sites (tertiary alicyclic amines) is 1. The first kappa shape index (κ1) is 12.9. The topological polar surface area (TPSA) is 49.8 Å². The number of methoxy groups -OCH3 is 1. The molecule has 0 aromatic heterocycles. The molecular formula is C14H19NO3. The molecule has 1 heterocycles. The Bertz CT molecular complexity index is 445. The van der Waals surface area contributed by atoms with Crippen LogP contribution < -0.4 is 0 Å². The molecule has 98 valence electrons. The van der Waals surface area contributed by atoms with Crippen LogP contribution in [-0.4, -0.2) is 42.2 Å². The highest BCUT2D eigenvalue weighted by atomic mass is 16.5. The predicted molar refractivity (Wildman–Crippen MR) is 68.8 cm³/mol. The van der Waals surface area contributed by atoms with Crippen LogP contribution in [0.15, 0.2) is 18.2 Å². The van der Waals surface area contributed by atoms with Gasteiger partial charge >= 0.3 is 0 Å². The van der Waals surface area contributed by atoms with Crippen LogP contribution in [0.2, 0.25) is 0 Å². The van der Waals surface area contributed by atoms with Gasteiger partial charge in [0.1, 0.15) is 5.75 Å². The minimum absolute atomic E-state index is 0.0885. The standard InChI is InChI=1S/C14H19NO3/c1-10-5-3-7-12(13(10)16)14(17)15-8-4-6-11(15)9-18-2/h3,5,7,11,16H,4,6,8-9H2,1-2H3. The highest BCUT2D eigenvalue weighted by Gasteiger charge is 2.30. The molecule has 0 saturated carbocycles. The number of para-hydroxylation sites is 1. The fourth-order valence-corrected chi connectivity index (χ4v) is 2.45. The summed E-state index contributed by atoms with van der Waals surface area (Å²) in [5, 5.41) is 9.97. The summed E-state index contributed by atoms with van der Waals surface area (Å²) in [6.45, 7) is 3.08. The predicted octanol–water partition coefficient (Wildman–Crippen LogP) is 1.95. The fourth-order valence-electron chi connectivity index (χ4n) is 2.45. The van der Waals surface area contributed by atoms with Gasteiger partial charge in [-0.3, -0.25) is 4.79 Å². The number of ether oxygens (including phenoxy) is 1. The van der Waals surface area contributed by atoms with E-state index in [0.717, 1.165) is 24.9 Å². The van der Waals surface area contributed by atoms with Crippen molar-refractivity contribution in [2.24, 2.45) is 0 Å². The van der Waals surface area contributed by atoms with Gasteiger partial charge in [0.15, 0.2) is 0 Å². The number of carbonyl (C=O) groups excluding carboxylic acids is 1. The van der Waals surface area contributed by atoms with Crippen LogP contribution in [0.1, 0.15) is 28.8 Å². The zero-order valence-electron chi connectivity index (χ0n) is 10.8. The van der Waals surface area contributed by atoms with Crippen molar-refractivity contribution in [2.45, 2.75) is 25.8 Å². The Hall–Kier alpha value is -1.55. The first-order valence-corrected chi connectivity index (χ1v) is 6.23. The lowest BCUT2D eigenvalue weighted by molar-refractivity contribution is 0.0627. The number of aromatic hydroxyl groups is 1. The van der Waals surface area contributed by atoms with E-state index in [-0.39, 0.29) is 17.7 Å². The molecule has 1 aliphatic heterocycles. The zero-order chi connectivity index (χ0) is 13.1. The van der Waals surface area contributed by atoms with Crippen molar-refractivity contribution in [1.82, 2.24) is 4.90 Å². The van der Waals surface area contributed by atoms with Crippen LogP contribution in [0.5, 0.6) is 5.75 Å². The van der Waals surface area contributed by atoms with Crippen molar-refractivity contribution in [1.29, 1.82) is 0 Å². The van der Waals surface area contributed by atoms with Crippen LogP contribution >= 0.6 is 0 Å². The summed E-state index contributed by atoms with van der Waals surface area (Å²) in [6.07, 6.45) is 1.96. The minimum atomic E-state index is -0.101. The number of phenolic OH excluding ortho intramolecular Hbond substituents is 1. The Morgan fingerprint density at radius 3 is 3.06 bits per heavy atom. The summed E-state index contributed by atoms with van der Waals surface area (Å²) >= 11 is 0. The van der Waals surface area contributed by atoms with Crippen LogP contribution in [0.25, 0.3) is 0 Å². The van der Waals surface area contributed by atoms with E-state index in [4.69, 9.17) is 4.74 Å². The third-order valence-electron chi connectivity index (χ3n) is 3.47. The molecule has 4 heteroatoms. The van der Waals surface area contributed by atoms with Gasteiger partial charge in [-0.1, -0.05) is 12.1 Å². The molecule has 1 fully saturated rings. The molecule has 1 amide bonds. The number of carbonyl (C=O) groups is 1. The number of aryl methyl sites for hydroxylation is 1. The highest BCUT2D eigenvalue weighted by molar-refractivity contribution is 5.97. The van der Waals surface area contributed by atoms with E-state index in [1.165, 1.54) is 0 Å². The monoisotopic (exact) mass is 249 g/mol. The molecule has 1 aromatic carbocycles. The molecule has 0 aliphatic carbocycles. The molecule has 2 rings (SSSR count). The highest BCUT2D eigenvalue weighted by Crippen LogP contribution is 2.26. The molecule has 1 aliphatic rings. The summed E-state index contributed by atoms with van der Waals surface area (Å²) in [5.74, 6) is -0.0127. The van der Waals surface area contributed by atoms with Crippen molar-refractivity contribution in [3.05, 3.63) is 29.3 Å². The second kappa shape index (κ2) is 5.40. The smallest absolute Gasteiger partial charge is 0.257 e. The molecule has 0 spiro atoms. The Kier molecular flexibility index (Phi) is 3.87. The van der Waals surface area contributed by atoms with Gasteiger partial charge in [0.05, 0.1) is 18.2 Å². The molecule has 18 heavy (non-hydrogen) atoms. The number of phenols is 1. The third kappa shape index (κ3) is 2.34. The van der Waals surface area contributed by atoms with Gasteiger partial charge in [0, 0.05) is 13.7 Å². The lowest BCUT2D eigenvalue weighted by Crippen LogP contribution is -2.38. The van der Waals surface area contributed by atoms with E-state index in [1.54, 1.807) is 37.1 Å². The molecule has 1 aromatic rings. The summed E-state index contributed by atoms with van der Waals surface area (Å²) < 4.78 is 5.14. The zero-order valence-corrected chi connectivity index (χ0v) is 10.8. The van der Waals surface area contributed by atoms with Gasteiger partial charge in [0.2, 0.25) is 0 Å². The molecule has 0 radical (unpaired) electrons. The quantitative estimate of drug-likeness (QED) is 0.890. The largest absolute Gasteiger partial charge is 0.507 e. The van der Waals surface area contributed by atoms with Crippen LogP contribution in [0.3, 0.4) is 0 Å². The van der Waals surface area contributed by atoms with E-state index < -0.39 is 0 Å². The Labute approximate surface area is 107 Å². The first-order chi connectivity index (χ1) is 8.65. The van der Waals surface area contributed by atoms with Gasteiger partial charge < -0.3 is 14.7 Å². The van der Waals surface area contributed by atoms with Crippen molar-refractivity contribution >= 4 is 5.91 Å². The van der Waals surface area contributed by atoms with Crippen molar-refractivity contribution in [3.63, 3.8) is 0 Å². The number of hydrogen-bond acceptors (Lipinski definition) is 3. The van der Waals surface area contributed by atoms with Gasteiger partial charge in [-0.15, -0.1) is 0 Å². The van der Waals surface area contributed by atoms with Crippen LogP contribution in [-0.2, 0) is 4.74 Å². The maximum absolute atomic E-state index is 12.4. The van der Waals surface area contributed by atoms with Crippen molar-refractivity contribution in [2.75, 3.05) is 20.3 Å². The maximum Gasteiger partial charge on any atom is 0.257 e. The summed E-state index contributed by atoms with van der Waals surface area (Å²) in [7, 11) is 1.64. The minimum Gasteiger partial charge on any atom is -0.507 e. The van der Waals surface area contributed by atoms with Crippen molar-refractivity contribution < 1.29 is 14.6 Å². The molecule has 0 bridgehead atoms. The lowest BCUT2D eigenvalue weighted by atomic mass is 10.1.